The van der Waals surface area contributed by atoms with Gasteiger partial charge in [-0.2, -0.15) is 0 Å². The minimum atomic E-state index is 0.401. The van der Waals surface area contributed by atoms with E-state index in [2.05, 4.69) is 56.8 Å². The van der Waals surface area contributed by atoms with E-state index in [1.807, 2.05) is 12.1 Å². The topological polar surface area (TPSA) is 12.9 Å². The van der Waals surface area contributed by atoms with E-state index < -0.39 is 0 Å². The number of hydrogen-bond acceptors (Lipinski definition) is 1. The number of aromatic nitrogens is 1. The third-order valence-electron chi connectivity index (χ3n) is 1.75. The summed E-state index contributed by atoms with van der Waals surface area (Å²) in [6, 6.07) is 3.98. The van der Waals surface area contributed by atoms with Gasteiger partial charge in [0.15, 0.2) is 0 Å². The number of halogens is 2. The first kappa shape index (κ1) is 10.9. The van der Waals surface area contributed by atoms with Gasteiger partial charge in [-0.25, -0.2) is 0 Å². The van der Waals surface area contributed by atoms with Crippen LogP contribution in [-0.4, -0.2) is 9.81 Å². The average Bonchev–Trinajstić information content (AvgIpc) is 2.08. The molecule has 3 heteroatoms. The van der Waals surface area contributed by atoms with Crippen molar-refractivity contribution >= 4 is 37.9 Å². The summed E-state index contributed by atoms with van der Waals surface area (Å²) in [7, 11) is 0. The zero-order chi connectivity index (χ0) is 9.84. The van der Waals surface area contributed by atoms with E-state index in [1.54, 1.807) is 6.20 Å². The number of hydrogen-bond donors (Lipinski definition) is 0. The molecule has 1 heterocycles. The molecule has 1 nitrogen and oxygen atoms in total. The molecule has 1 aromatic heterocycles. The van der Waals surface area contributed by atoms with Crippen LogP contribution in [0.1, 0.15) is 19.5 Å². The number of nitrogens with zero attached hydrogens (tertiary/aromatic N) is 1. The van der Waals surface area contributed by atoms with Crippen molar-refractivity contribution < 1.29 is 0 Å². The van der Waals surface area contributed by atoms with E-state index in [4.69, 9.17) is 0 Å². The van der Waals surface area contributed by atoms with Gasteiger partial charge in [0, 0.05) is 15.5 Å². The highest BCUT2D eigenvalue weighted by atomic mass is 79.9. The zero-order valence-electron chi connectivity index (χ0n) is 7.59. The lowest BCUT2D eigenvalue weighted by Crippen LogP contribution is -1.91. The second-order valence-electron chi connectivity index (χ2n) is 2.91. The first-order valence-corrected chi connectivity index (χ1v) is 5.74. The van der Waals surface area contributed by atoms with Gasteiger partial charge in [0.05, 0.1) is 5.69 Å². The van der Waals surface area contributed by atoms with Gasteiger partial charge in [-0.15, -0.1) is 0 Å². The van der Waals surface area contributed by atoms with Gasteiger partial charge in [0.1, 0.15) is 0 Å². The van der Waals surface area contributed by atoms with Gasteiger partial charge in [0.25, 0.3) is 0 Å². The summed E-state index contributed by atoms with van der Waals surface area (Å²) in [6.45, 7) is 4.19. The van der Waals surface area contributed by atoms with E-state index in [9.17, 15) is 0 Å². The molecule has 0 saturated carbocycles. The van der Waals surface area contributed by atoms with E-state index in [0.717, 1.165) is 10.2 Å². The maximum Gasteiger partial charge on any atom is 0.0630 e. The quantitative estimate of drug-likeness (QED) is 0.752. The molecule has 0 aromatic carbocycles. The Morgan fingerprint density at radius 1 is 1.54 bits per heavy atom. The van der Waals surface area contributed by atoms with Crippen LogP contribution in [0.15, 0.2) is 28.4 Å². The highest BCUT2D eigenvalue weighted by Crippen LogP contribution is 2.15. The minimum absolute atomic E-state index is 0.401. The van der Waals surface area contributed by atoms with Crippen molar-refractivity contribution in [1.29, 1.82) is 0 Å². The molecule has 13 heavy (non-hydrogen) atoms. The highest BCUT2D eigenvalue weighted by molar-refractivity contribution is 9.10. The summed E-state index contributed by atoms with van der Waals surface area (Å²) < 4.78 is 1.01. The van der Waals surface area contributed by atoms with Gasteiger partial charge >= 0.3 is 0 Å². The molecule has 0 aliphatic heterocycles. The van der Waals surface area contributed by atoms with Crippen LogP contribution in [0.25, 0.3) is 6.08 Å². The predicted octanol–water partition coefficient (Wildman–Crippen LogP) is 4.03. The molecule has 0 radical (unpaired) electrons. The molecular weight excluding hydrogens is 294 g/mol. The second kappa shape index (κ2) is 4.91. The molecule has 1 aromatic rings. The van der Waals surface area contributed by atoms with E-state index >= 15 is 0 Å². The third kappa shape index (κ3) is 3.61. The van der Waals surface area contributed by atoms with Crippen LogP contribution in [0, 0.1) is 0 Å². The molecule has 1 atom stereocenters. The normalized spacial score (nSPS) is 14.3. The van der Waals surface area contributed by atoms with Crippen LogP contribution in [0.5, 0.6) is 0 Å². The molecule has 0 aliphatic carbocycles. The Hall–Kier alpha value is -0.150. The number of rotatable bonds is 2. The summed E-state index contributed by atoms with van der Waals surface area (Å²) in [5.74, 6) is 0. The lowest BCUT2D eigenvalue weighted by Gasteiger charge is -2.02. The SMILES string of the molecule is C/C(=C\c1ccc(Br)cn1)C(C)Br. The van der Waals surface area contributed by atoms with Crippen molar-refractivity contribution in [3.8, 4) is 0 Å². The van der Waals surface area contributed by atoms with Gasteiger partial charge in [-0.1, -0.05) is 21.5 Å². The Labute approximate surface area is 95.5 Å². The van der Waals surface area contributed by atoms with Gasteiger partial charge in [-0.3, -0.25) is 4.98 Å². The predicted molar refractivity (Wildman–Crippen MR) is 64.0 cm³/mol. The van der Waals surface area contributed by atoms with Crippen LogP contribution in [0.2, 0.25) is 0 Å². The van der Waals surface area contributed by atoms with Crippen LogP contribution >= 0.6 is 31.9 Å². The largest absolute Gasteiger partial charge is 0.256 e. The molecule has 0 spiro atoms. The van der Waals surface area contributed by atoms with Crippen molar-refractivity contribution in [1.82, 2.24) is 4.98 Å². The average molecular weight is 305 g/mol. The van der Waals surface area contributed by atoms with Crippen molar-refractivity contribution in [2.24, 2.45) is 0 Å². The highest BCUT2D eigenvalue weighted by Gasteiger charge is 1.98. The Morgan fingerprint density at radius 3 is 2.69 bits per heavy atom. The summed E-state index contributed by atoms with van der Waals surface area (Å²) in [5, 5.41) is 0. The molecule has 0 bridgehead atoms. The van der Waals surface area contributed by atoms with Crippen LogP contribution in [0.3, 0.4) is 0 Å². The molecule has 1 unspecified atom stereocenters. The maximum absolute atomic E-state index is 4.26. The standard InChI is InChI=1S/C10H11Br2N/c1-7(8(2)11)5-10-4-3-9(12)6-13-10/h3-6,8H,1-2H3/b7-5+. The maximum atomic E-state index is 4.26. The Morgan fingerprint density at radius 2 is 2.23 bits per heavy atom. The molecule has 1 rings (SSSR count). The molecule has 0 aliphatic rings. The van der Waals surface area contributed by atoms with Crippen LogP contribution < -0.4 is 0 Å². The molecule has 0 fully saturated rings. The Kier molecular flexibility index (Phi) is 4.13. The fraction of sp³-hybridized carbons (Fsp3) is 0.300. The van der Waals surface area contributed by atoms with Crippen LogP contribution in [-0.2, 0) is 0 Å². The van der Waals surface area contributed by atoms with Gasteiger partial charge < -0.3 is 0 Å². The monoisotopic (exact) mass is 303 g/mol. The Bertz CT molecular complexity index is 301. The molecule has 0 N–H and O–H groups in total. The lowest BCUT2D eigenvalue weighted by molar-refractivity contribution is 1.15. The van der Waals surface area contributed by atoms with E-state index in [0.29, 0.717) is 4.83 Å². The lowest BCUT2D eigenvalue weighted by atomic mass is 10.2. The first-order chi connectivity index (χ1) is 6.09. The van der Waals surface area contributed by atoms with Crippen molar-refractivity contribution in [3.05, 3.63) is 34.1 Å². The summed E-state index contributed by atoms with van der Waals surface area (Å²) in [5.41, 5.74) is 2.27. The van der Waals surface area contributed by atoms with E-state index in [-0.39, 0.29) is 0 Å². The number of pyridine rings is 1. The molecule has 70 valence electrons. The molecule has 0 saturated heterocycles. The minimum Gasteiger partial charge on any atom is -0.256 e. The number of allylic oxidation sites excluding steroid dienone is 1. The third-order valence-corrected chi connectivity index (χ3v) is 2.94. The smallest absolute Gasteiger partial charge is 0.0630 e. The Balaban J connectivity index is 2.85. The fourth-order valence-corrected chi connectivity index (χ4v) is 1.19. The van der Waals surface area contributed by atoms with Crippen molar-refractivity contribution in [2.45, 2.75) is 18.7 Å². The van der Waals surface area contributed by atoms with Crippen molar-refractivity contribution in [2.75, 3.05) is 0 Å². The fourth-order valence-electron chi connectivity index (χ4n) is 0.821. The summed E-state index contributed by atoms with van der Waals surface area (Å²) in [4.78, 5) is 4.66. The summed E-state index contributed by atoms with van der Waals surface area (Å²) in [6.07, 6.45) is 3.88. The first-order valence-electron chi connectivity index (χ1n) is 4.03. The number of alkyl halides is 1. The second-order valence-corrected chi connectivity index (χ2v) is 5.19. The van der Waals surface area contributed by atoms with Gasteiger partial charge in [-0.05, 0) is 48.0 Å². The summed E-state index contributed by atoms with van der Waals surface area (Å²) >= 11 is 6.85. The van der Waals surface area contributed by atoms with E-state index in [1.165, 1.54) is 5.57 Å². The molecular formula is C10H11Br2N. The molecule has 0 amide bonds. The van der Waals surface area contributed by atoms with Crippen LogP contribution in [0.4, 0.5) is 0 Å². The van der Waals surface area contributed by atoms with Gasteiger partial charge in [0.2, 0.25) is 0 Å². The zero-order valence-corrected chi connectivity index (χ0v) is 10.8. The van der Waals surface area contributed by atoms with Crippen molar-refractivity contribution in [3.63, 3.8) is 0 Å².